The summed E-state index contributed by atoms with van der Waals surface area (Å²) in [7, 11) is 0. The molecule has 2 N–H and O–H groups in total. The average Bonchev–Trinajstić information content (AvgIpc) is 2.64. The maximum atomic E-state index is 12.6. The standard InChI is InChI=1S/C20H23NO4/c1-14-4-2-3-5-17(14)20(23)21-18-10-11-24-13-19(18)25-16-8-6-15(12-22)7-9-16/h2-9,18-19,22H,10-13H2,1H3,(H,21,23). The number of carbonyl (C=O) groups excluding carboxylic acids is 1. The van der Waals surface area contributed by atoms with Gasteiger partial charge in [-0.3, -0.25) is 4.79 Å². The SMILES string of the molecule is Cc1ccccc1C(=O)NC1CCOCC1Oc1ccc(CO)cc1. The first kappa shape index (κ1) is 17.5. The second-order valence-corrected chi connectivity index (χ2v) is 6.22. The minimum atomic E-state index is -0.248. The van der Waals surface area contributed by atoms with E-state index in [9.17, 15) is 4.79 Å². The van der Waals surface area contributed by atoms with E-state index in [-0.39, 0.29) is 24.7 Å². The molecule has 2 aromatic rings. The van der Waals surface area contributed by atoms with E-state index in [1.54, 1.807) is 0 Å². The van der Waals surface area contributed by atoms with Gasteiger partial charge in [0.2, 0.25) is 0 Å². The Bertz CT molecular complexity index is 714. The number of rotatable bonds is 5. The summed E-state index contributed by atoms with van der Waals surface area (Å²) in [6.07, 6.45) is 0.457. The number of nitrogens with one attached hydrogen (secondary N) is 1. The van der Waals surface area contributed by atoms with Gasteiger partial charge in [-0.25, -0.2) is 0 Å². The normalized spacial score (nSPS) is 20.1. The average molecular weight is 341 g/mol. The Morgan fingerprint density at radius 3 is 2.72 bits per heavy atom. The second-order valence-electron chi connectivity index (χ2n) is 6.22. The lowest BCUT2D eigenvalue weighted by Crippen LogP contribution is -2.51. The molecule has 1 aliphatic rings. The topological polar surface area (TPSA) is 67.8 Å². The van der Waals surface area contributed by atoms with E-state index < -0.39 is 0 Å². The Balaban J connectivity index is 1.68. The molecule has 25 heavy (non-hydrogen) atoms. The summed E-state index contributed by atoms with van der Waals surface area (Å²) < 4.78 is 11.5. The van der Waals surface area contributed by atoms with Gasteiger partial charge in [-0.1, -0.05) is 30.3 Å². The third kappa shape index (κ3) is 4.38. The number of aryl methyl sites for hydroxylation is 1. The van der Waals surface area contributed by atoms with Crippen LogP contribution < -0.4 is 10.1 Å². The molecule has 0 aliphatic carbocycles. The van der Waals surface area contributed by atoms with Gasteiger partial charge < -0.3 is 19.9 Å². The van der Waals surface area contributed by atoms with Gasteiger partial charge in [0.25, 0.3) is 5.91 Å². The van der Waals surface area contributed by atoms with E-state index >= 15 is 0 Å². The molecule has 132 valence electrons. The fourth-order valence-corrected chi connectivity index (χ4v) is 2.92. The van der Waals surface area contributed by atoms with Crippen molar-refractivity contribution in [2.45, 2.75) is 32.1 Å². The van der Waals surface area contributed by atoms with Crippen LogP contribution in [0.3, 0.4) is 0 Å². The number of amides is 1. The molecule has 2 aromatic carbocycles. The lowest BCUT2D eigenvalue weighted by atomic mass is 10.0. The zero-order valence-electron chi connectivity index (χ0n) is 14.3. The zero-order chi connectivity index (χ0) is 17.6. The van der Waals surface area contributed by atoms with E-state index in [1.807, 2.05) is 55.5 Å². The van der Waals surface area contributed by atoms with Crippen LogP contribution >= 0.6 is 0 Å². The fourth-order valence-electron chi connectivity index (χ4n) is 2.92. The zero-order valence-corrected chi connectivity index (χ0v) is 14.3. The minimum Gasteiger partial charge on any atom is -0.486 e. The van der Waals surface area contributed by atoms with Crippen LogP contribution in [0.5, 0.6) is 5.75 Å². The maximum Gasteiger partial charge on any atom is 0.251 e. The van der Waals surface area contributed by atoms with Gasteiger partial charge in [-0.2, -0.15) is 0 Å². The van der Waals surface area contributed by atoms with Gasteiger partial charge in [0.1, 0.15) is 11.9 Å². The Kier molecular flexibility index (Phi) is 5.68. The van der Waals surface area contributed by atoms with Crippen LogP contribution in [0.15, 0.2) is 48.5 Å². The van der Waals surface area contributed by atoms with E-state index in [4.69, 9.17) is 14.6 Å². The predicted octanol–water partition coefficient (Wildman–Crippen LogP) is 2.45. The van der Waals surface area contributed by atoms with Gasteiger partial charge in [0.15, 0.2) is 0 Å². The summed E-state index contributed by atoms with van der Waals surface area (Å²) >= 11 is 0. The minimum absolute atomic E-state index is 0.00191. The molecule has 1 heterocycles. The summed E-state index contributed by atoms with van der Waals surface area (Å²) in [5, 5.41) is 12.2. The third-order valence-corrected chi connectivity index (χ3v) is 4.40. The van der Waals surface area contributed by atoms with Crippen molar-refractivity contribution in [2.24, 2.45) is 0 Å². The molecule has 3 rings (SSSR count). The smallest absolute Gasteiger partial charge is 0.251 e. The largest absolute Gasteiger partial charge is 0.486 e. The van der Waals surface area contributed by atoms with Crippen LogP contribution in [0, 0.1) is 6.92 Å². The van der Waals surface area contributed by atoms with Crippen LogP contribution in [0.2, 0.25) is 0 Å². The van der Waals surface area contributed by atoms with E-state index in [2.05, 4.69) is 5.32 Å². The van der Waals surface area contributed by atoms with E-state index in [0.29, 0.717) is 30.9 Å². The maximum absolute atomic E-state index is 12.6. The quantitative estimate of drug-likeness (QED) is 0.877. The summed E-state index contributed by atoms with van der Waals surface area (Å²) in [6, 6.07) is 14.7. The summed E-state index contributed by atoms with van der Waals surface area (Å²) in [5.74, 6) is 0.608. The van der Waals surface area contributed by atoms with Crippen molar-refractivity contribution in [1.82, 2.24) is 5.32 Å². The first-order valence-electron chi connectivity index (χ1n) is 8.48. The molecule has 2 unspecified atom stereocenters. The van der Waals surface area contributed by atoms with Crippen LogP contribution in [-0.2, 0) is 11.3 Å². The molecule has 1 fully saturated rings. The molecule has 1 saturated heterocycles. The molecule has 5 nitrogen and oxygen atoms in total. The molecule has 0 aromatic heterocycles. The first-order chi connectivity index (χ1) is 12.2. The van der Waals surface area contributed by atoms with E-state index in [0.717, 1.165) is 11.1 Å². The highest BCUT2D eigenvalue weighted by molar-refractivity contribution is 5.95. The Hall–Kier alpha value is -2.37. The second kappa shape index (κ2) is 8.14. The van der Waals surface area contributed by atoms with Crippen molar-refractivity contribution in [3.8, 4) is 5.75 Å². The van der Waals surface area contributed by atoms with Crippen molar-refractivity contribution in [3.05, 3.63) is 65.2 Å². The Morgan fingerprint density at radius 2 is 2.00 bits per heavy atom. The van der Waals surface area contributed by atoms with Crippen LogP contribution in [0.1, 0.15) is 27.9 Å². The number of aliphatic hydroxyl groups is 1. The third-order valence-electron chi connectivity index (χ3n) is 4.40. The summed E-state index contributed by atoms with van der Waals surface area (Å²) in [4.78, 5) is 12.6. The van der Waals surface area contributed by atoms with Gasteiger partial charge in [0, 0.05) is 12.2 Å². The number of benzene rings is 2. The van der Waals surface area contributed by atoms with Crippen molar-refractivity contribution in [3.63, 3.8) is 0 Å². The molecular weight excluding hydrogens is 318 g/mol. The molecule has 1 amide bonds. The number of carbonyl (C=O) groups is 1. The lowest BCUT2D eigenvalue weighted by Gasteiger charge is -2.32. The first-order valence-corrected chi connectivity index (χ1v) is 8.48. The molecule has 5 heteroatoms. The molecule has 0 saturated carbocycles. The summed E-state index contributed by atoms with van der Waals surface area (Å²) in [6.45, 7) is 2.96. The molecule has 0 bridgehead atoms. The van der Waals surface area contributed by atoms with Crippen LogP contribution in [0.4, 0.5) is 0 Å². The summed E-state index contributed by atoms with van der Waals surface area (Å²) in [5.41, 5.74) is 2.46. The Morgan fingerprint density at radius 1 is 1.24 bits per heavy atom. The molecule has 2 atom stereocenters. The van der Waals surface area contributed by atoms with Crippen molar-refractivity contribution in [1.29, 1.82) is 0 Å². The van der Waals surface area contributed by atoms with Crippen LogP contribution in [-0.4, -0.2) is 36.4 Å². The van der Waals surface area contributed by atoms with Gasteiger partial charge >= 0.3 is 0 Å². The monoisotopic (exact) mass is 341 g/mol. The lowest BCUT2D eigenvalue weighted by molar-refractivity contribution is -0.0135. The number of hydrogen-bond acceptors (Lipinski definition) is 4. The highest BCUT2D eigenvalue weighted by Gasteiger charge is 2.29. The Labute approximate surface area is 147 Å². The highest BCUT2D eigenvalue weighted by Crippen LogP contribution is 2.19. The number of aliphatic hydroxyl groups excluding tert-OH is 1. The van der Waals surface area contributed by atoms with E-state index in [1.165, 1.54) is 0 Å². The molecular formula is C20H23NO4. The highest BCUT2D eigenvalue weighted by atomic mass is 16.5. The van der Waals surface area contributed by atoms with Gasteiger partial charge in [0.05, 0.1) is 19.3 Å². The molecule has 0 spiro atoms. The van der Waals surface area contributed by atoms with Crippen molar-refractivity contribution >= 4 is 5.91 Å². The van der Waals surface area contributed by atoms with Crippen LogP contribution in [0.25, 0.3) is 0 Å². The fraction of sp³-hybridized carbons (Fsp3) is 0.350. The number of ether oxygens (including phenoxy) is 2. The molecule has 1 aliphatic heterocycles. The van der Waals surface area contributed by atoms with Crippen molar-refractivity contribution in [2.75, 3.05) is 13.2 Å². The van der Waals surface area contributed by atoms with Gasteiger partial charge in [-0.05, 0) is 42.7 Å². The number of hydrogen-bond donors (Lipinski definition) is 2. The molecule has 0 radical (unpaired) electrons. The predicted molar refractivity (Wildman–Crippen MR) is 94.7 cm³/mol. The van der Waals surface area contributed by atoms with Crippen molar-refractivity contribution < 1.29 is 19.4 Å². The van der Waals surface area contributed by atoms with Gasteiger partial charge in [-0.15, -0.1) is 0 Å².